The molecular formula is C23H34N2O4. The number of aliphatic hydroxyl groups is 1. The van der Waals surface area contributed by atoms with Crippen LogP contribution in [0.3, 0.4) is 0 Å². The highest BCUT2D eigenvalue weighted by Gasteiger charge is 2.42. The molecule has 29 heavy (non-hydrogen) atoms. The van der Waals surface area contributed by atoms with E-state index in [9.17, 15) is 9.90 Å². The zero-order valence-corrected chi connectivity index (χ0v) is 17.4. The van der Waals surface area contributed by atoms with Crippen LogP contribution >= 0.6 is 0 Å². The molecular weight excluding hydrogens is 368 g/mol. The Balaban J connectivity index is 1.17. The number of fused-ring (bicyclic) bond motifs is 1. The van der Waals surface area contributed by atoms with Gasteiger partial charge in [-0.25, -0.2) is 0 Å². The van der Waals surface area contributed by atoms with Gasteiger partial charge in [0.05, 0.1) is 12.2 Å². The van der Waals surface area contributed by atoms with Crippen molar-refractivity contribution < 1.29 is 19.4 Å². The molecule has 6 heteroatoms. The summed E-state index contributed by atoms with van der Waals surface area (Å²) in [7, 11) is 2.20. The van der Waals surface area contributed by atoms with Crippen LogP contribution in [-0.2, 0) is 16.1 Å². The molecule has 6 nitrogen and oxygen atoms in total. The molecule has 1 aliphatic heterocycles. The fourth-order valence-corrected chi connectivity index (χ4v) is 5.25. The van der Waals surface area contributed by atoms with Crippen LogP contribution in [0, 0.1) is 11.8 Å². The summed E-state index contributed by atoms with van der Waals surface area (Å²) >= 11 is 0. The van der Waals surface area contributed by atoms with Gasteiger partial charge >= 0.3 is 0 Å². The standard InChI is InChI=1S/C23H34N2O4/c1-25(19-9-17-11-20(26)12-18(17)10-19)14-16-4-6-21(7-5-16)29-15-23(27)24-13-22-3-2-8-28-22/h4-7,17-20,22,26H,2-3,8-15H2,1H3,(H,24,27)/t17-,18+,19?,20?,22?. The quantitative estimate of drug-likeness (QED) is 0.698. The van der Waals surface area contributed by atoms with Crippen molar-refractivity contribution in [3.8, 4) is 5.75 Å². The normalized spacial score (nSPS) is 31.2. The molecule has 0 radical (unpaired) electrons. The maximum absolute atomic E-state index is 11.9. The van der Waals surface area contributed by atoms with Crippen LogP contribution in [0.25, 0.3) is 0 Å². The van der Waals surface area contributed by atoms with Crippen LogP contribution in [0.15, 0.2) is 24.3 Å². The molecule has 1 aromatic carbocycles. The summed E-state index contributed by atoms with van der Waals surface area (Å²) in [6.45, 7) is 2.30. The molecule has 1 saturated heterocycles. The Morgan fingerprint density at radius 2 is 1.93 bits per heavy atom. The van der Waals surface area contributed by atoms with Gasteiger partial charge in [0.1, 0.15) is 5.75 Å². The SMILES string of the molecule is CN(Cc1ccc(OCC(=O)NCC2CCCO2)cc1)C1C[C@H]2CC(O)C[C@H]2C1. The van der Waals surface area contributed by atoms with Crippen molar-refractivity contribution in [1.29, 1.82) is 0 Å². The number of ether oxygens (including phenoxy) is 2. The van der Waals surface area contributed by atoms with Crippen molar-refractivity contribution in [3.05, 3.63) is 29.8 Å². The number of aliphatic hydroxyl groups excluding tert-OH is 1. The molecule has 4 rings (SSSR count). The number of amides is 1. The minimum Gasteiger partial charge on any atom is -0.484 e. The van der Waals surface area contributed by atoms with Gasteiger partial charge in [-0.2, -0.15) is 0 Å². The molecule has 3 fully saturated rings. The van der Waals surface area contributed by atoms with E-state index in [1.54, 1.807) is 0 Å². The number of hydrogen-bond acceptors (Lipinski definition) is 5. The lowest BCUT2D eigenvalue weighted by Gasteiger charge is -2.25. The maximum atomic E-state index is 11.9. The van der Waals surface area contributed by atoms with Crippen molar-refractivity contribution in [1.82, 2.24) is 10.2 Å². The van der Waals surface area contributed by atoms with Gasteiger partial charge in [-0.3, -0.25) is 9.69 Å². The van der Waals surface area contributed by atoms with E-state index in [2.05, 4.69) is 29.4 Å². The van der Waals surface area contributed by atoms with Crippen LogP contribution < -0.4 is 10.1 Å². The van der Waals surface area contributed by atoms with Gasteiger partial charge < -0.3 is 19.9 Å². The number of nitrogens with zero attached hydrogens (tertiary/aromatic N) is 1. The summed E-state index contributed by atoms with van der Waals surface area (Å²) < 4.78 is 11.1. The lowest BCUT2D eigenvalue weighted by atomic mass is 10.0. The van der Waals surface area contributed by atoms with Gasteiger partial charge in [0.15, 0.2) is 6.61 Å². The summed E-state index contributed by atoms with van der Waals surface area (Å²) in [6, 6.07) is 8.65. The van der Waals surface area contributed by atoms with Crippen LogP contribution in [0.4, 0.5) is 0 Å². The van der Waals surface area contributed by atoms with Crippen molar-refractivity contribution >= 4 is 5.91 Å². The Labute approximate surface area is 173 Å². The minimum absolute atomic E-state index is 0.0304. The fraction of sp³-hybridized carbons (Fsp3) is 0.696. The highest BCUT2D eigenvalue weighted by molar-refractivity contribution is 5.77. The molecule has 160 valence electrons. The Bertz CT molecular complexity index is 660. The number of hydrogen-bond donors (Lipinski definition) is 2. The summed E-state index contributed by atoms with van der Waals surface area (Å²) in [5.41, 5.74) is 1.25. The number of nitrogens with one attached hydrogen (secondary N) is 1. The van der Waals surface area contributed by atoms with Gasteiger partial charge in [-0.1, -0.05) is 12.1 Å². The van der Waals surface area contributed by atoms with E-state index in [1.807, 2.05) is 12.1 Å². The first-order chi connectivity index (χ1) is 14.1. The van der Waals surface area contributed by atoms with Crippen molar-refractivity contribution in [2.75, 3.05) is 26.8 Å². The van der Waals surface area contributed by atoms with Crippen molar-refractivity contribution in [2.45, 2.75) is 63.3 Å². The highest BCUT2D eigenvalue weighted by atomic mass is 16.5. The zero-order valence-electron chi connectivity index (χ0n) is 17.4. The molecule has 2 saturated carbocycles. The summed E-state index contributed by atoms with van der Waals surface area (Å²) in [5.74, 6) is 2.02. The van der Waals surface area contributed by atoms with E-state index in [0.717, 1.165) is 38.8 Å². The first-order valence-electron chi connectivity index (χ1n) is 11.0. The maximum Gasteiger partial charge on any atom is 0.258 e. The number of rotatable bonds is 8. The Hall–Kier alpha value is -1.63. The Morgan fingerprint density at radius 3 is 2.59 bits per heavy atom. The zero-order chi connectivity index (χ0) is 20.2. The molecule has 3 unspecified atom stereocenters. The van der Waals surface area contributed by atoms with Crippen molar-refractivity contribution in [2.24, 2.45) is 11.8 Å². The third-order valence-corrected chi connectivity index (χ3v) is 6.87. The number of benzene rings is 1. The highest BCUT2D eigenvalue weighted by Crippen LogP contribution is 2.45. The molecule has 1 aromatic rings. The third kappa shape index (κ3) is 5.50. The summed E-state index contributed by atoms with van der Waals surface area (Å²) in [5, 5.41) is 12.7. The predicted octanol–water partition coefficient (Wildman–Crippen LogP) is 2.34. The van der Waals surface area contributed by atoms with E-state index in [-0.39, 0.29) is 24.7 Å². The molecule has 0 bridgehead atoms. The largest absolute Gasteiger partial charge is 0.484 e. The molecule has 1 heterocycles. The predicted molar refractivity (Wildman–Crippen MR) is 111 cm³/mol. The van der Waals surface area contributed by atoms with Gasteiger partial charge in [0.2, 0.25) is 0 Å². The lowest BCUT2D eigenvalue weighted by molar-refractivity contribution is -0.123. The second-order valence-corrected chi connectivity index (χ2v) is 9.06. The molecule has 3 aliphatic rings. The Kier molecular flexibility index (Phi) is 6.73. The summed E-state index contributed by atoms with van der Waals surface area (Å²) in [4.78, 5) is 14.4. The number of carbonyl (C=O) groups is 1. The van der Waals surface area contributed by atoms with E-state index < -0.39 is 0 Å². The molecule has 5 atom stereocenters. The topological polar surface area (TPSA) is 71.0 Å². The van der Waals surface area contributed by atoms with Gasteiger partial charge in [-0.05, 0) is 75.1 Å². The monoisotopic (exact) mass is 402 g/mol. The minimum atomic E-state index is -0.110. The van der Waals surface area contributed by atoms with E-state index >= 15 is 0 Å². The smallest absolute Gasteiger partial charge is 0.258 e. The lowest BCUT2D eigenvalue weighted by Crippen LogP contribution is -2.35. The van der Waals surface area contributed by atoms with Crippen LogP contribution in [0.1, 0.15) is 44.1 Å². The van der Waals surface area contributed by atoms with E-state index in [1.165, 1.54) is 18.4 Å². The van der Waals surface area contributed by atoms with E-state index in [4.69, 9.17) is 9.47 Å². The van der Waals surface area contributed by atoms with Gasteiger partial charge in [0.25, 0.3) is 5.91 Å². The second kappa shape index (κ2) is 9.45. The average Bonchev–Trinajstić information content (AvgIpc) is 3.42. The van der Waals surface area contributed by atoms with E-state index in [0.29, 0.717) is 30.2 Å². The molecule has 1 amide bonds. The third-order valence-electron chi connectivity index (χ3n) is 6.87. The van der Waals surface area contributed by atoms with Crippen molar-refractivity contribution in [3.63, 3.8) is 0 Å². The van der Waals surface area contributed by atoms with Gasteiger partial charge in [0, 0.05) is 25.7 Å². The first kappa shape index (κ1) is 20.6. The first-order valence-corrected chi connectivity index (χ1v) is 11.0. The van der Waals surface area contributed by atoms with Crippen LogP contribution in [-0.4, -0.2) is 61.0 Å². The van der Waals surface area contributed by atoms with Crippen LogP contribution in [0.5, 0.6) is 5.75 Å². The fourth-order valence-electron chi connectivity index (χ4n) is 5.25. The molecule has 2 aliphatic carbocycles. The molecule has 0 aromatic heterocycles. The second-order valence-electron chi connectivity index (χ2n) is 9.06. The van der Waals surface area contributed by atoms with Crippen LogP contribution in [0.2, 0.25) is 0 Å². The number of carbonyl (C=O) groups excluding carboxylic acids is 1. The average molecular weight is 403 g/mol. The Morgan fingerprint density at radius 1 is 1.21 bits per heavy atom. The molecule has 2 N–H and O–H groups in total. The summed E-state index contributed by atoms with van der Waals surface area (Å²) in [6.07, 6.45) is 6.57. The van der Waals surface area contributed by atoms with Gasteiger partial charge in [-0.15, -0.1) is 0 Å². The molecule has 0 spiro atoms.